The Hall–Kier alpha value is -2.66. The lowest BCUT2D eigenvalue weighted by Gasteiger charge is -2.16. The summed E-state index contributed by atoms with van der Waals surface area (Å²) in [5, 5.41) is 5.70. The largest absolute Gasteiger partial charge is 0.328 e. The van der Waals surface area contributed by atoms with E-state index in [1.807, 2.05) is 44.2 Å². The molecule has 5 nitrogen and oxygen atoms in total. The van der Waals surface area contributed by atoms with Crippen LogP contribution in [-0.2, 0) is 4.79 Å². The van der Waals surface area contributed by atoms with Crippen LogP contribution in [0.15, 0.2) is 54.6 Å². The zero-order valence-electron chi connectivity index (χ0n) is 14.1. The molecular weight excluding hydrogens is 302 g/mol. The Kier molecular flexibility index (Phi) is 6.51. The summed E-state index contributed by atoms with van der Waals surface area (Å²) in [5.74, 6) is -0.332. The van der Waals surface area contributed by atoms with Gasteiger partial charge in [-0.25, -0.2) is 0 Å². The van der Waals surface area contributed by atoms with E-state index < -0.39 is 0 Å². The van der Waals surface area contributed by atoms with Gasteiger partial charge in [0.15, 0.2) is 6.54 Å². The standard InChI is InChI=1S/C19H23N3O2/c1-3-22(4-2)14-18(23)21-17-13-9-8-12-16(17)19(24)20-15-10-6-5-7-11-15/h5-13H,3-4,14H2,1-2H3,(H,20,24)(H,21,23)/p+1. The second-order valence-electron chi connectivity index (χ2n) is 5.55. The van der Waals surface area contributed by atoms with Gasteiger partial charge in [0.2, 0.25) is 0 Å². The Balaban J connectivity index is 2.09. The van der Waals surface area contributed by atoms with Crippen molar-refractivity contribution >= 4 is 23.2 Å². The number of rotatable bonds is 7. The van der Waals surface area contributed by atoms with E-state index in [2.05, 4.69) is 10.6 Å². The maximum atomic E-state index is 12.5. The summed E-state index contributed by atoms with van der Waals surface area (Å²) >= 11 is 0. The van der Waals surface area contributed by atoms with Crippen molar-refractivity contribution in [1.29, 1.82) is 0 Å². The lowest BCUT2D eigenvalue weighted by atomic mass is 10.1. The molecule has 0 heterocycles. The molecule has 2 amide bonds. The van der Waals surface area contributed by atoms with Gasteiger partial charge in [-0.2, -0.15) is 0 Å². The minimum atomic E-state index is -0.243. The summed E-state index contributed by atoms with van der Waals surface area (Å²) in [5.41, 5.74) is 1.70. The molecule has 2 aromatic rings. The molecule has 0 spiro atoms. The molecular formula is C19H24N3O2+. The lowest BCUT2D eigenvalue weighted by molar-refractivity contribution is -0.888. The number of benzene rings is 2. The van der Waals surface area contributed by atoms with Gasteiger partial charge < -0.3 is 15.5 Å². The molecule has 0 atom stereocenters. The fraction of sp³-hybridized carbons (Fsp3) is 0.263. The van der Waals surface area contributed by atoms with Gasteiger partial charge in [0, 0.05) is 5.69 Å². The van der Waals surface area contributed by atoms with Crippen LogP contribution in [0.1, 0.15) is 24.2 Å². The zero-order chi connectivity index (χ0) is 17.4. The Morgan fingerprint density at radius 2 is 1.50 bits per heavy atom. The van der Waals surface area contributed by atoms with Crippen molar-refractivity contribution in [3.63, 3.8) is 0 Å². The van der Waals surface area contributed by atoms with Crippen molar-refractivity contribution in [2.24, 2.45) is 0 Å². The molecule has 2 aromatic carbocycles. The van der Waals surface area contributed by atoms with Gasteiger partial charge in [-0.15, -0.1) is 0 Å². The molecule has 24 heavy (non-hydrogen) atoms. The van der Waals surface area contributed by atoms with E-state index in [-0.39, 0.29) is 11.8 Å². The predicted octanol–water partition coefficient (Wildman–Crippen LogP) is 1.80. The molecule has 0 saturated heterocycles. The normalized spacial score (nSPS) is 10.5. The van der Waals surface area contributed by atoms with E-state index in [4.69, 9.17) is 0 Å². The van der Waals surface area contributed by atoms with Crippen molar-refractivity contribution in [2.75, 3.05) is 30.3 Å². The highest BCUT2D eigenvalue weighted by molar-refractivity contribution is 6.10. The zero-order valence-corrected chi connectivity index (χ0v) is 14.1. The van der Waals surface area contributed by atoms with E-state index in [1.165, 1.54) is 4.90 Å². The number of quaternary nitrogens is 1. The highest BCUT2D eigenvalue weighted by Crippen LogP contribution is 2.17. The van der Waals surface area contributed by atoms with Crippen LogP contribution < -0.4 is 15.5 Å². The Bertz CT molecular complexity index is 682. The third-order valence-electron chi connectivity index (χ3n) is 3.89. The summed E-state index contributed by atoms with van der Waals surface area (Å²) in [6, 6.07) is 16.3. The van der Waals surface area contributed by atoms with Gasteiger partial charge >= 0.3 is 0 Å². The van der Waals surface area contributed by atoms with Crippen molar-refractivity contribution in [1.82, 2.24) is 0 Å². The van der Waals surface area contributed by atoms with Crippen LogP contribution in [-0.4, -0.2) is 31.4 Å². The second kappa shape index (κ2) is 8.84. The maximum absolute atomic E-state index is 12.5. The first-order valence-corrected chi connectivity index (χ1v) is 8.22. The van der Waals surface area contributed by atoms with Gasteiger partial charge in [0.05, 0.1) is 24.3 Å². The average molecular weight is 326 g/mol. The molecule has 0 radical (unpaired) electrons. The monoisotopic (exact) mass is 326 g/mol. The second-order valence-corrected chi connectivity index (χ2v) is 5.55. The molecule has 3 N–H and O–H groups in total. The first kappa shape index (κ1) is 17.7. The van der Waals surface area contributed by atoms with Crippen LogP contribution >= 0.6 is 0 Å². The predicted molar refractivity (Wildman–Crippen MR) is 96.4 cm³/mol. The first-order valence-electron chi connectivity index (χ1n) is 8.22. The van der Waals surface area contributed by atoms with Crippen molar-refractivity contribution < 1.29 is 14.5 Å². The lowest BCUT2D eigenvalue weighted by Crippen LogP contribution is -3.12. The quantitative estimate of drug-likeness (QED) is 0.726. The average Bonchev–Trinajstić information content (AvgIpc) is 2.61. The summed E-state index contributed by atoms with van der Waals surface area (Å²) in [6.07, 6.45) is 0. The van der Waals surface area contributed by atoms with Gasteiger partial charge in [0.1, 0.15) is 0 Å². The highest BCUT2D eigenvalue weighted by atomic mass is 16.2. The smallest absolute Gasteiger partial charge is 0.279 e. The van der Waals surface area contributed by atoms with E-state index in [0.717, 1.165) is 18.8 Å². The molecule has 0 aliphatic rings. The number of anilines is 2. The third kappa shape index (κ3) is 4.93. The fourth-order valence-corrected chi connectivity index (χ4v) is 2.43. The van der Waals surface area contributed by atoms with Crippen LogP contribution in [0, 0.1) is 0 Å². The maximum Gasteiger partial charge on any atom is 0.279 e. The van der Waals surface area contributed by atoms with Crippen molar-refractivity contribution in [3.05, 3.63) is 60.2 Å². The van der Waals surface area contributed by atoms with E-state index in [1.54, 1.807) is 24.3 Å². The van der Waals surface area contributed by atoms with Gasteiger partial charge in [-0.05, 0) is 38.1 Å². The molecule has 0 fully saturated rings. The number of nitrogens with one attached hydrogen (secondary N) is 3. The summed E-state index contributed by atoms with van der Waals surface area (Å²) < 4.78 is 0. The number of likely N-dealkylation sites (N-methyl/N-ethyl adjacent to an activating group) is 1. The Morgan fingerprint density at radius 3 is 2.17 bits per heavy atom. The number of para-hydroxylation sites is 2. The number of carbonyl (C=O) groups is 2. The van der Waals surface area contributed by atoms with Gasteiger partial charge in [-0.3, -0.25) is 9.59 Å². The van der Waals surface area contributed by atoms with E-state index >= 15 is 0 Å². The molecule has 0 aliphatic carbocycles. The topological polar surface area (TPSA) is 62.6 Å². The number of amides is 2. The van der Waals surface area contributed by atoms with Crippen LogP contribution in [0.5, 0.6) is 0 Å². The minimum Gasteiger partial charge on any atom is -0.328 e. The first-order chi connectivity index (χ1) is 11.6. The molecule has 0 aliphatic heterocycles. The van der Waals surface area contributed by atoms with E-state index in [0.29, 0.717) is 17.8 Å². The Labute approximate surface area is 142 Å². The van der Waals surface area contributed by atoms with Crippen LogP contribution in [0.25, 0.3) is 0 Å². The summed E-state index contributed by atoms with van der Waals surface area (Å²) in [6.45, 7) is 6.27. The number of hydrogen-bond donors (Lipinski definition) is 3. The third-order valence-corrected chi connectivity index (χ3v) is 3.89. The Morgan fingerprint density at radius 1 is 0.875 bits per heavy atom. The minimum absolute atomic E-state index is 0.0892. The van der Waals surface area contributed by atoms with Crippen molar-refractivity contribution in [2.45, 2.75) is 13.8 Å². The number of hydrogen-bond acceptors (Lipinski definition) is 2. The van der Waals surface area contributed by atoms with Crippen LogP contribution in [0.3, 0.4) is 0 Å². The number of carbonyl (C=O) groups excluding carboxylic acids is 2. The van der Waals surface area contributed by atoms with Crippen molar-refractivity contribution in [3.8, 4) is 0 Å². The molecule has 2 rings (SSSR count). The van der Waals surface area contributed by atoms with E-state index in [9.17, 15) is 9.59 Å². The molecule has 0 unspecified atom stereocenters. The fourth-order valence-electron chi connectivity index (χ4n) is 2.43. The SMILES string of the molecule is CC[NH+](CC)CC(=O)Nc1ccccc1C(=O)Nc1ccccc1. The van der Waals surface area contributed by atoms with Crippen LogP contribution in [0.2, 0.25) is 0 Å². The summed E-state index contributed by atoms with van der Waals surface area (Å²) in [7, 11) is 0. The summed E-state index contributed by atoms with van der Waals surface area (Å²) in [4.78, 5) is 25.9. The van der Waals surface area contributed by atoms with Gasteiger partial charge in [0.25, 0.3) is 11.8 Å². The highest BCUT2D eigenvalue weighted by Gasteiger charge is 2.15. The molecule has 0 saturated carbocycles. The molecule has 0 aromatic heterocycles. The molecule has 5 heteroatoms. The molecule has 126 valence electrons. The molecule has 0 bridgehead atoms. The van der Waals surface area contributed by atoms with Crippen LogP contribution in [0.4, 0.5) is 11.4 Å². The van der Waals surface area contributed by atoms with Gasteiger partial charge in [-0.1, -0.05) is 30.3 Å².